The second-order valence-electron chi connectivity index (χ2n) is 4.57. The van der Waals surface area contributed by atoms with Crippen LogP contribution in [0.2, 0.25) is 0 Å². The fourth-order valence-corrected chi connectivity index (χ4v) is 2.37. The molecule has 3 nitrogen and oxygen atoms in total. The van der Waals surface area contributed by atoms with Gasteiger partial charge in [0.15, 0.2) is 0 Å². The first-order valence-electron chi connectivity index (χ1n) is 5.82. The molecule has 0 aliphatic carbocycles. The van der Waals surface area contributed by atoms with Gasteiger partial charge in [-0.15, -0.1) is 0 Å². The van der Waals surface area contributed by atoms with E-state index in [4.69, 9.17) is 5.73 Å². The highest BCUT2D eigenvalue weighted by atomic mass is 16.1. The van der Waals surface area contributed by atoms with Crippen LogP contribution >= 0.6 is 0 Å². The minimum absolute atomic E-state index is 0.339. The number of rotatable bonds is 2. The third kappa shape index (κ3) is 2.18. The van der Waals surface area contributed by atoms with Crippen molar-refractivity contribution in [3.8, 4) is 0 Å². The van der Waals surface area contributed by atoms with E-state index in [2.05, 4.69) is 11.8 Å². The Balaban J connectivity index is 2.28. The fourth-order valence-electron chi connectivity index (χ4n) is 2.37. The quantitative estimate of drug-likeness (QED) is 0.825. The predicted molar refractivity (Wildman–Crippen MR) is 65.6 cm³/mol. The number of para-hydroxylation sites is 1. The maximum Gasteiger partial charge on any atom is 0.250 e. The molecule has 16 heavy (non-hydrogen) atoms. The number of anilines is 1. The van der Waals surface area contributed by atoms with Crippen molar-refractivity contribution in [2.45, 2.75) is 19.8 Å². The van der Waals surface area contributed by atoms with E-state index in [1.165, 1.54) is 12.8 Å². The smallest absolute Gasteiger partial charge is 0.250 e. The largest absolute Gasteiger partial charge is 0.371 e. The molecule has 1 heterocycles. The molecule has 1 fully saturated rings. The molecule has 2 rings (SSSR count). The van der Waals surface area contributed by atoms with Gasteiger partial charge in [0.2, 0.25) is 0 Å². The predicted octanol–water partition coefficient (Wildman–Crippen LogP) is 2.02. The first-order chi connectivity index (χ1) is 7.68. The van der Waals surface area contributed by atoms with Crippen LogP contribution in [0.4, 0.5) is 5.69 Å². The molecule has 0 saturated carbocycles. The van der Waals surface area contributed by atoms with Crippen molar-refractivity contribution in [1.29, 1.82) is 0 Å². The van der Waals surface area contributed by atoms with Gasteiger partial charge in [-0.25, -0.2) is 0 Å². The summed E-state index contributed by atoms with van der Waals surface area (Å²) < 4.78 is 0. The first-order valence-corrected chi connectivity index (χ1v) is 5.82. The third-order valence-corrected chi connectivity index (χ3v) is 3.17. The van der Waals surface area contributed by atoms with Crippen molar-refractivity contribution in [3.63, 3.8) is 0 Å². The Hall–Kier alpha value is -1.51. The molecule has 1 aliphatic heterocycles. The molecule has 1 aromatic carbocycles. The molecule has 0 bridgehead atoms. The van der Waals surface area contributed by atoms with Gasteiger partial charge in [0.1, 0.15) is 0 Å². The summed E-state index contributed by atoms with van der Waals surface area (Å²) >= 11 is 0. The number of benzene rings is 1. The number of amides is 1. The molecule has 1 saturated heterocycles. The van der Waals surface area contributed by atoms with Gasteiger partial charge < -0.3 is 10.6 Å². The van der Waals surface area contributed by atoms with Crippen molar-refractivity contribution in [2.75, 3.05) is 18.0 Å². The summed E-state index contributed by atoms with van der Waals surface area (Å²) in [5.41, 5.74) is 7.01. The van der Waals surface area contributed by atoms with Crippen LogP contribution in [0.25, 0.3) is 0 Å². The lowest BCUT2D eigenvalue weighted by atomic mass is 9.99. The van der Waals surface area contributed by atoms with Crippen LogP contribution in [0, 0.1) is 5.92 Å². The summed E-state index contributed by atoms with van der Waals surface area (Å²) in [4.78, 5) is 13.6. The van der Waals surface area contributed by atoms with Crippen LogP contribution in [0.15, 0.2) is 24.3 Å². The van der Waals surface area contributed by atoms with Crippen LogP contribution in [0.5, 0.6) is 0 Å². The Morgan fingerprint density at radius 3 is 2.88 bits per heavy atom. The molecule has 0 spiro atoms. The lowest BCUT2D eigenvalue weighted by Crippen LogP contribution is -2.35. The zero-order chi connectivity index (χ0) is 11.5. The van der Waals surface area contributed by atoms with Gasteiger partial charge in [0.05, 0.1) is 5.56 Å². The van der Waals surface area contributed by atoms with E-state index < -0.39 is 0 Å². The molecule has 1 aromatic rings. The Kier molecular flexibility index (Phi) is 3.13. The molecule has 0 radical (unpaired) electrons. The fraction of sp³-hybridized carbons (Fsp3) is 0.462. The minimum atomic E-state index is -0.339. The molecule has 1 aliphatic rings. The average molecular weight is 218 g/mol. The number of piperidine rings is 1. The zero-order valence-electron chi connectivity index (χ0n) is 9.65. The summed E-state index contributed by atoms with van der Waals surface area (Å²) in [6, 6.07) is 7.60. The molecule has 2 N–H and O–H groups in total. The van der Waals surface area contributed by atoms with E-state index in [9.17, 15) is 4.79 Å². The highest BCUT2D eigenvalue weighted by Crippen LogP contribution is 2.25. The number of carbonyl (C=O) groups is 1. The van der Waals surface area contributed by atoms with E-state index in [1.54, 1.807) is 6.07 Å². The number of carbonyl (C=O) groups excluding carboxylic acids is 1. The van der Waals surface area contributed by atoms with Crippen LogP contribution in [0.3, 0.4) is 0 Å². The van der Waals surface area contributed by atoms with E-state index in [0.717, 1.165) is 18.8 Å². The van der Waals surface area contributed by atoms with Crippen LogP contribution in [-0.2, 0) is 0 Å². The van der Waals surface area contributed by atoms with Gasteiger partial charge in [-0.05, 0) is 30.9 Å². The zero-order valence-corrected chi connectivity index (χ0v) is 9.65. The molecule has 3 heteroatoms. The lowest BCUT2D eigenvalue weighted by molar-refractivity contribution is 0.100. The van der Waals surface area contributed by atoms with Crippen molar-refractivity contribution < 1.29 is 4.79 Å². The number of nitrogens with two attached hydrogens (primary N) is 1. The summed E-state index contributed by atoms with van der Waals surface area (Å²) in [5.74, 6) is 0.350. The highest BCUT2D eigenvalue weighted by Gasteiger charge is 2.19. The van der Waals surface area contributed by atoms with Gasteiger partial charge in [-0.2, -0.15) is 0 Å². The highest BCUT2D eigenvalue weighted by molar-refractivity contribution is 5.98. The lowest BCUT2D eigenvalue weighted by Gasteiger charge is -2.33. The number of primary amides is 1. The normalized spacial score (nSPS) is 20.8. The van der Waals surface area contributed by atoms with Crippen LogP contribution in [0.1, 0.15) is 30.1 Å². The molecule has 0 aromatic heterocycles. The van der Waals surface area contributed by atoms with Crippen molar-refractivity contribution in [1.82, 2.24) is 0 Å². The summed E-state index contributed by atoms with van der Waals surface area (Å²) in [5, 5.41) is 0. The van der Waals surface area contributed by atoms with Crippen molar-refractivity contribution >= 4 is 11.6 Å². The maximum atomic E-state index is 11.3. The standard InChI is InChI=1S/C13H18N2O/c1-10-5-4-8-15(9-10)12-7-3-2-6-11(12)13(14)16/h2-3,6-7,10H,4-5,8-9H2,1H3,(H2,14,16). The Morgan fingerprint density at radius 2 is 2.19 bits per heavy atom. The van der Waals surface area contributed by atoms with E-state index in [1.807, 2.05) is 18.2 Å². The van der Waals surface area contributed by atoms with Crippen molar-refractivity contribution in [3.05, 3.63) is 29.8 Å². The Labute approximate surface area is 96.2 Å². The van der Waals surface area contributed by atoms with Gasteiger partial charge in [-0.3, -0.25) is 4.79 Å². The van der Waals surface area contributed by atoms with Gasteiger partial charge in [-0.1, -0.05) is 19.1 Å². The molecule has 1 amide bonds. The monoisotopic (exact) mass is 218 g/mol. The molecule has 1 unspecified atom stereocenters. The number of nitrogens with zero attached hydrogens (tertiary/aromatic N) is 1. The SMILES string of the molecule is CC1CCCN(c2ccccc2C(N)=O)C1. The first kappa shape index (κ1) is 11.0. The number of hydrogen-bond acceptors (Lipinski definition) is 2. The molecular formula is C13H18N2O. The second-order valence-corrected chi connectivity index (χ2v) is 4.57. The summed E-state index contributed by atoms with van der Waals surface area (Å²) in [6.45, 7) is 4.29. The van der Waals surface area contributed by atoms with Crippen molar-refractivity contribution in [2.24, 2.45) is 11.7 Å². The van der Waals surface area contributed by atoms with E-state index in [0.29, 0.717) is 11.5 Å². The average Bonchev–Trinajstić information content (AvgIpc) is 2.29. The summed E-state index contributed by atoms with van der Waals surface area (Å²) in [7, 11) is 0. The van der Waals surface area contributed by atoms with Gasteiger partial charge in [0, 0.05) is 18.8 Å². The van der Waals surface area contributed by atoms with E-state index >= 15 is 0 Å². The van der Waals surface area contributed by atoms with Gasteiger partial charge >= 0.3 is 0 Å². The minimum Gasteiger partial charge on any atom is -0.371 e. The summed E-state index contributed by atoms with van der Waals surface area (Å²) in [6.07, 6.45) is 2.46. The Bertz CT molecular complexity index is 389. The number of hydrogen-bond donors (Lipinski definition) is 1. The van der Waals surface area contributed by atoms with E-state index in [-0.39, 0.29) is 5.91 Å². The molecule has 86 valence electrons. The van der Waals surface area contributed by atoms with Crippen LogP contribution < -0.4 is 10.6 Å². The topological polar surface area (TPSA) is 46.3 Å². The molecular weight excluding hydrogens is 200 g/mol. The van der Waals surface area contributed by atoms with Crippen LogP contribution in [-0.4, -0.2) is 19.0 Å². The third-order valence-electron chi connectivity index (χ3n) is 3.17. The van der Waals surface area contributed by atoms with Gasteiger partial charge in [0.25, 0.3) is 5.91 Å². The second kappa shape index (κ2) is 4.56. The Morgan fingerprint density at radius 1 is 1.44 bits per heavy atom. The maximum absolute atomic E-state index is 11.3. The molecule has 1 atom stereocenters.